The van der Waals surface area contributed by atoms with Gasteiger partial charge in [-0.2, -0.15) is 0 Å². The normalized spacial score (nSPS) is 27.6. The number of carboxylic acid groups (broad SMARTS) is 1. The Morgan fingerprint density at radius 3 is 2.70 bits per heavy atom. The van der Waals surface area contributed by atoms with Crippen LogP contribution < -0.4 is 10.2 Å². The van der Waals surface area contributed by atoms with E-state index in [1.165, 1.54) is 0 Å². The van der Waals surface area contributed by atoms with Crippen molar-refractivity contribution in [3.8, 4) is 0 Å². The molecule has 0 radical (unpaired) electrons. The molecule has 1 aromatic rings. The Morgan fingerprint density at radius 2 is 2.05 bits per heavy atom. The van der Waals surface area contributed by atoms with Crippen molar-refractivity contribution in [1.29, 1.82) is 0 Å². The van der Waals surface area contributed by atoms with Gasteiger partial charge in [-0.15, -0.1) is 0 Å². The van der Waals surface area contributed by atoms with Crippen molar-refractivity contribution in [2.24, 2.45) is 11.8 Å². The number of carbonyl (C=O) groups excluding carboxylic acids is 1. The molecular formula is C15H18N2O3. The third kappa shape index (κ3) is 2.35. The largest absolute Gasteiger partial charge is 0.481 e. The summed E-state index contributed by atoms with van der Waals surface area (Å²) in [6.07, 6.45) is 1.48. The number of amides is 2. The first-order valence-corrected chi connectivity index (χ1v) is 6.95. The van der Waals surface area contributed by atoms with Crippen molar-refractivity contribution in [2.75, 3.05) is 11.4 Å². The fraction of sp³-hybridized carbons (Fsp3) is 0.467. The second-order valence-corrected chi connectivity index (χ2v) is 5.75. The molecule has 3 unspecified atom stereocenters. The van der Waals surface area contributed by atoms with Gasteiger partial charge in [-0.05, 0) is 30.4 Å². The number of aliphatic carboxylic acids is 1. The van der Waals surface area contributed by atoms with Crippen LogP contribution in [-0.4, -0.2) is 29.7 Å². The Balaban J connectivity index is 1.84. The molecule has 5 nitrogen and oxygen atoms in total. The summed E-state index contributed by atoms with van der Waals surface area (Å²) in [4.78, 5) is 25.2. The second-order valence-electron chi connectivity index (χ2n) is 5.75. The van der Waals surface area contributed by atoms with E-state index in [4.69, 9.17) is 0 Å². The van der Waals surface area contributed by atoms with Crippen LogP contribution in [0, 0.1) is 11.8 Å². The molecule has 0 spiro atoms. The summed E-state index contributed by atoms with van der Waals surface area (Å²) in [5.41, 5.74) is 1.75. The summed E-state index contributed by atoms with van der Waals surface area (Å²) in [6, 6.07) is 7.58. The molecule has 1 fully saturated rings. The maximum Gasteiger partial charge on any atom is 0.322 e. The molecule has 1 aliphatic heterocycles. The van der Waals surface area contributed by atoms with Gasteiger partial charge in [0.05, 0.1) is 5.92 Å². The van der Waals surface area contributed by atoms with Gasteiger partial charge in [0.15, 0.2) is 0 Å². The number of nitrogens with zero attached hydrogens (tertiary/aromatic N) is 1. The number of nitrogens with one attached hydrogen (secondary N) is 1. The summed E-state index contributed by atoms with van der Waals surface area (Å²) in [5.74, 6) is -0.862. The van der Waals surface area contributed by atoms with Crippen molar-refractivity contribution in [3.63, 3.8) is 0 Å². The number of fused-ring (bicyclic) bond motifs is 1. The molecule has 5 heteroatoms. The highest BCUT2D eigenvalue weighted by Gasteiger charge is 2.37. The first kappa shape index (κ1) is 13.0. The van der Waals surface area contributed by atoms with E-state index >= 15 is 0 Å². The first-order chi connectivity index (χ1) is 9.56. The van der Waals surface area contributed by atoms with Crippen LogP contribution in [0.4, 0.5) is 10.5 Å². The van der Waals surface area contributed by atoms with Crippen LogP contribution in [-0.2, 0) is 11.2 Å². The molecule has 106 valence electrons. The minimum Gasteiger partial charge on any atom is -0.481 e. The summed E-state index contributed by atoms with van der Waals surface area (Å²) in [7, 11) is 0. The van der Waals surface area contributed by atoms with Gasteiger partial charge in [-0.3, -0.25) is 9.69 Å². The van der Waals surface area contributed by atoms with Gasteiger partial charge in [0.1, 0.15) is 0 Å². The molecule has 3 rings (SSSR count). The van der Waals surface area contributed by atoms with Crippen LogP contribution in [0.5, 0.6) is 0 Å². The molecular weight excluding hydrogens is 256 g/mol. The predicted molar refractivity (Wildman–Crippen MR) is 74.7 cm³/mol. The van der Waals surface area contributed by atoms with Gasteiger partial charge in [0.2, 0.25) is 0 Å². The summed E-state index contributed by atoms with van der Waals surface area (Å²) >= 11 is 0. The molecule has 0 saturated heterocycles. The lowest BCUT2D eigenvalue weighted by atomic mass is 9.93. The quantitative estimate of drug-likeness (QED) is 0.865. The van der Waals surface area contributed by atoms with Crippen molar-refractivity contribution in [2.45, 2.75) is 25.8 Å². The average molecular weight is 274 g/mol. The van der Waals surface area contributed by atoms with Gasteiger partial charge in [-0.1, -0.05) is 25.1 Å². The SMILES string of the molecule is CC1CC1NC(=O)N1CC(C(=O)O)Cc2ccccc21. The van der Waals surface area contributed by atoms with Gasteiger partial charge < -0.3 is 10.4 Å². The van der Waals surface area contributed by atoms with E-state index in [1.54, 1.807) is 4.90 Å². The number of benzene rings is 1. The predicted octanol–water partition coefficient (Wildman–Crippen LogP) is 1.87. The molecule has 2 N–H and O–H groups in total. The number of hydrogen-bond acceptors (Lipinski definition) is 2. The summed E-state index contributed by atoms with van der Waals surface area (Å²) in [6.45, 7) is 2.33. The van der Waals surface area contributed by atoms with E-state index in [0.717, 1.165) is 17.7 Å². The Hall–Kier alpha value is -2.04. The minimum atomic E-state index is -0.850. The van der Waals surface area contributed by atoms with Crippen molar-refractivity contribution >= 4 is 17.7 Å². The van der Waals surface area contributed by atoms with E-state index in [0.29, 0.717) is 12.3 Å². The third-order valence-electron chi connectivity index (χ3n) is 4.16. The summed E-state index contributed by atoms with van der Waals surface area (Å²) < 4.78 is 0. The van der Waals surface area contributed by atoms with Gasteiger partial charge in [-0.25, -0.2) is 4.79 Å². The number of para-hydroxylation sites is 1. The van der Waals surface area contributed by atoms with Gasteiger partial charge >= 0.3 is 12.0 Å². The topological polar surface area (TPSA) is 69.6 Å². The highest BCUT2D eigenvalue weighted by atomic mass is 16.4. The van der Waals surface area contributed by atoms with E-state index in [1.807, 2.05) is 24.3 Å². The zero-order valence-corrected chi connectivity index (χ0v) is 11.4. The average Bonchev–Trinajstić information content (AvgIpc) is 3.12. The zero-order chi connectivity index (χ0) is 14.3. The molecule has 20 heavy (non-hydrogen) atoms. The van der Waals surface area contributed by atoms with Crippen molar-refractivity contribution < 1.29 is 14.7 Å². The number of carbonyl (C=O) groups is 2. The van der Waals surface area contributed by atoms with E-state index in [9.17, 15) is 14.7 Å². The molecule has 1 aromatic carbocycles. The van der Waals surface area contributed by atoms with Crippen LogP contribution in [0.1, 0.15) is 18.9 Å². The lowest BCUT2D eigenvalue weighted by Gasteiger charge is -2.33. The lowest BCUT2D eigenvalue weighted by molar-refractivity contribution is -0.141. The highest BCUT2D eigenvalue weighted by molar-refractivity contribution is 5.94. The lowest BCUT2D eigenvalue weighted by Crippen LogP contribution is -2.48. The second kappa shape index (κ2) is 4.81. The van der Waals surface area contributed by atoms with E-state index in [2.05, 4.69) is 12.2 Å². The molecule has 1 aliphatic carbocycles. The number of urea groups is 1. The monoisotopic (exact) mass is 274 g/mol. The molecule has 1 heterocycles. The smallest absolute Gasteiger partial charge is 0.322 e. The first-order valence-electron chi connectivity index (χ1n) is 6.95. The van der Waals surface area contributed by atoms with Gasteiger partial charge in [0, 0.05) is 18.3 Å². The highest BCUT2D eigenvalue weighted by Crippen LogP contribution is 2.32. The Morgan fingerprint density at radius 1 is 1.35 bits per heavy atom. The minimum absolute atomic E-state index is 0.183. The maximum atomic E-state index is 12.3. The van der Waals surface area contributed by atoms with Crippen LogP contribution in [0.25, 0.3) is 0 Å². The maximum absolute atomic E-state index is 12.3. The molecule has 1 saturated carbocycles. The van der Waals surface area contributed by atoms with Crippen LogP contribution in [0.3, 0.4) is 0 Å². The van der Waals surface area contributed by atoms with Crippen LogP contribution in [0.15, 0.2) is 24.3 Å². The molecule has 0 bridgehead atoms. The fourth-order valence-electron chi connectivity index (χ4n) is 2.71. The van der Waals surface area contributed by atoms with Crippen LogP contribution in [0.2, 0.25) is 0 Å². The van der Waals surface area contributed by atoms with Crippen molar-refractivity contribution in [3.05, 3.63) is 29.8 Å². The number of carboxylic acids is 1. The number of anilines is 1. The van der Waals surface area contributed by atoms with Gasteiger partial charge in [0.25, 0.3) is 0 Å². The molecule has 2 aliphatic rings. The number of hydrogen-bond donors (Lipinski definition) is 2. The van der Waals surface area contributed by atoms with Crippen molar-refractivity contribution in [1.82, 2.24) is 5.32 Å². The number of rotatable bonds is 2. The molecule has 0 aromatic heterocycles. The van der Waals surface area contributed by atoms with Crippen LogP contribution >= 0.6 is 0 Å². The molecule has 2 amide bonds. The zero-order valence-electron chi connectivity index (χ0n) is 11.4. The Kier molecular flexibility index (Phi) is 3.12. The van der Waals surface area contributed by atoms with E-state index in [-0.39, 0.29) is 18.6 Å². The standard InChI is InChI=1S/C15H18N2O3/c1-9-6-12(9)16-15(20)17-8-11(14(18)19)7-10-4-2-3-5-13(10)17/h2-5,9,11-12H,6-8H2,1H3,(H,16,20)(H,18,19). The Bertz CT molecular complexity index is 558. The Labute approximate surface area is 117 Å². The molecule has 3 atom stereocenters. The third-order valence-corrected chi connectivity index (χ3v) is 4.16. The van der Waals surface area contributed by atoms with E-state index < -0.39 is 11.9 Å². The summed E-state index contributed by atoms with van der Waals surface area (Å²) in [5, 5.41) is 12.2. The fourth-order valence-corrected chi connectivity index (χ4v) is 2.71.